The van der Waals surface area contributed by atoms with E-state index >= 15 is 0 Å². The minimum Gasteiger partial charge on any atom is -0.506 e. The van der Waals surface area contributed by atoms with E-state index in [2.05, 4.69) is 10.6 Å². The van der Waals surface area contributed by atoms with Gasteiger partial charge in [0.25, 0.3) is 5.69 Å². The molecule has 0 aliphatic carbocycles. The summed E-state index contributed by atoms with van der Waals surface area (Å²) in [5.41, 5.74) is -0.0479. The van der Waals surface area contributed by atoms with Crippen LogP contribution >= 0.6 is 12.2 Å². The molecule has 1 aromatic rings. The second-order valence-electron chi connectivity index (χ2n) is 4.56. The number of phenols is 1. The highest BCUT2D eigenvalue weighted by Gasteiger charge is 2.12. The van der Waals surface area contributed by atoms with Gasteiger partial charge in [0, 0.05) is 12.5 Å². The van der Waals surface area contributed by atoms with Crippen LogP contribution in [-0.4, -0.2) is 21.0 Å². The van der Waals surface area contributed by atoms with Gasteiger partial charge in [0.1, 0.15) is 5.75 Å². The molecule has 7 nitrogen and oxygen atoms in total. The van der Waals surface area contributed by atoms with Gasteiger partial charge < -0.3 is 15.7 Å². The molecule has 0 saturated carbocycles. The molecule has 1 aromatic carbocycles. The van der Waals surface area contributed by atoms with Gasteiger partial charge in [-0.1, -0.05) is 13.8 Å². The Morgan fingerprint density at radius 3 is 2.65 bits per heavy atom. The second kappa shape index (κ2) is 6.80. The lowest BCUT2D eigenvalue weighted by atomic mass is 10.1. The summed E-state index contributed by atoms with van der Waals surface area (Å²) in [7, 11) is 0. The summed E-state index contributed by atoms with van der Waals surface area (Å²) in [6.07, 6.45) is 0.327. The molecule has 3 N–H and O–H groups in total. The molecule has 0 aromatic heterocycles. The van der Waals surface area contributed by atoms with Gasteiger partial charge in [-0.2, -0.15) is 0 Å². The zero-order valence-corrected chi connectivity index (χ0v) is 11.9. The van der Waals surface area contributed by atoms with Crippen LogP contribution in [0.5, 0.6) is 5.75 Å². The van der Waals surface area contributed by atoms with E-state index in [0.717, 1.165) is 6.07 Å². The van der Waals surface area contributed by atoms with E-state index in [-0.39, 0.29) is 34.1 Å². The van der Waals surface area contributed by atoms with Crippen LogP contribution < -0.4 is 10.6 Å². The van der Waals surface area contributed by atoms with Crippen molar-refractivity contribution in [1.29, 1.82) is 0 Å². The second-order valence-corrected chi connectivity index (χ2v) is 4.97. The summed E-state index contributed by atoms with van der Waals surface area (Å²) in [6, 6.07) is 3.54. The molecule has 0 aliphatic rings. The fourth-order valence-corrected chi connectivity index (χ4v) is 1.67. The molecule has 0 aliphatic heterocycles. The average Bonchev–Trinajstić information content (AvgIpc) is 2.30. The van der Waals surface area contributed by atoms with Gasteiger partial charge in [-0.3, -0.25) is 14.9 Å². The predicted molar refractivity (Wildman–Crippen MR) is 78.6 cm³/mol. The first-order valence-corrected chi connectivity index (χ1v) is 6.28. The van der Waals surface area contributed by atoms with Gasteiger partial charge in [-0.15, -0.1) is 0 Å². The molecule has 0 heterocycles. The maximum Gasteiger partial charge on any atom is 0.273 e. The minimum absolute atomic E-state index is 0.0276. The van der Waals surface area contributed by atoms with Crippen LogP contribution in [0.2, 0.25) is 0 Å². The molecule has 108 valence electrons. The fraction of sp³-hybridized carbons (Fsp3) is 0.333. The average molecular weight is 297 g/mol. The summed E-state index contributed by atoms with van der Waals surface area (Å²) in [5.74, 6) is -0.357. The lowest BCUT2D eigenvalue weighted by Crippen LogP contribution is -2.34. The van der Waals surface area contributed by atoms with Crippen molar-refractivity contribution in [3.05, 3.63) is 28.3 Å². The standard InChI is InChI=1S/C12H15N3O4S/c1-7(2)5-11(17)14-12(20)13-9-4-3-8(15(18)19)6-10(9)16/h3-4,6-7,16H,5H2,1-2H3,(H2,13,14,17,20). The van der Waals surface area contributed by atoms with Crippen molar-refractivity contribution in [3.63, 3.8) is 0 Å². The van der Waals surface area contributed by atoms with E-state index in [1.165, 1.54) is 12.1 Å². The number of non-ortho nitro benzene ring substituents is 1. The molecule has 0 radical (unpaired) electrons. The Kier molecular flexibility index (Phi) is 5.39. The van der Waals surface area contributed by atoms with E-state index in [4.69, 9.17) is 12.2 Å². The fourth-order valence-electron chi connectivity index (χ4n) is 1.44. The number of amides is 1. The third kappa shape index (κ3) is 4.81. The molecule has 8 heteroatoms. The topological polar surface area (TPSA) is 104 Å². The van der Waals surface area contributed by atoms with Gasteiger partial charge >= 0.3 is 0 Å². The van der Waals surface area contributed by atoms with Gasteiger partial charge in [0.05, 0.1) is 16.7 Å². The largest absolute Gasteiger partial charge is 0.506 e. The van der Waals surface area contributed by atoms with Crippen LogP contribution in [0.3, 0.4) is 0 Å². The maximum atomic E-state index is 11.5. The Labute approximate surface area is 121 Å². The molecular weight excluding hydrogens is 282 g/mol. The molecule has 0 saturated heterocycles. The number of hydrogen-bond acceptors (Lipinski definition) is 5. The summed E-state index contributed by atoms with van der Waals surface area (Å²) < 4.78 is 0. The molecule has 0 atom stereocenters. The van der Waals surface area contributed by atoms with Crippen molar-refractivity contribution in [1.82, 2.24) is 5.32 Å². The number of carbonyl (C=O) groups excluding carboxylic acids is 1. The molecule has 0 fully saturated rings. The third-order valence-electron chi connectivity index (χ3n) is 2.29. The lowest BCUT2D eigenvalue weighted by molar-refractivity contribution is -0.384. The number of thiocarbonyl (C=S) groups is 1. The predicted octanol–water partition coefficient (Wildman–Crippen LogP) is 2.16. The van der Waals surface area contributed by atoms with Gasteiger partial charge in [-0.25, -0.2) is 0 Å². The highest BCUT2D eigenvalue weighted by molar-refractivity contribution is 7.80. The normalized spacial score (nSPS) is 10.2. The summed E-state index contributed by atoms with van der Waals surface area (Å²) in [6.45, 7) is 3.80. The SMILES string of the molecule is CC(C)CC(=O)NC(=S)Nc1ccc([N+](=O)[O-])cc1O. The molecule has 1 amide bonds. The van der Waals surface area contributed by atoms with Crippen molar-refractivity contribution in [3.8, 4) is 5.75 Å². The minimum atomic E-state index is -0.619. The number of rotatable bonds is 4. The number of hydrogen-bond donors (Lipinski definition) is 3. The van der Waals surface area contributed by atoms with Gasteiger partial charge in [0.15, 0.2) is 5.11 Å². The third-order valence-corrected chi connectivity index (χ3v) is 2.49. The quantitative estimate of drug-likeness (QED) is 0.340. The number of carbonyl (C=O) groups is 1. The number of nitrogens with one attached hydrogen (secondary N) is 2. The van der Waals surface area contributed by atoms with Crippen LogP contribution in [0.1, 0.15) is 20.3 Å². The first kappa shape index (κ1) is 15.8. The number of aromatic hydroxyl groups is 1. The highest BCUT2D eigenvalue weighted by Crippen LogP contribution is 2.27. The number of anilines is 1. The Balaban J connectivity index is 2.67. The van der Waals surface area contributed by atoms with Crippen LogP contribution in [0.15, 0.2) is 18.2 Å². The Hall–Kier alpha value is -2.22. The lowest BCUT2D eigenvalue weighted by Gasteiger charge is -2.11. The summed E-state index contributed by atoms with van der Waals surface area (Å²) in [5, 5.41) is 25.3. The van der Waals surface area contributed by atoms with E-state index in [1.807, 2.05) is 13.8 Å². The number of nitrogens with zero attached hydrogens (tertiary/aromatic N) is 1. The van der Waals surface area contributed by atoms with Gasteiger partial charge in [0.2, 0.25) is 5.91 Å². The molecule has 0 bridgehead atoms. The Morgan fingerprint density at radius 2 is 2.15 bits per heavy atom. The zero-order valence-electron chi connectivity index (χ0n) is 11.0. The van der Waals surface area contributed by atoms with Crippen LogP contribution in [-0.2, 0) is 4.79 Å². The highest BCUT2D eigenvalue weighted by atomic mass is 32.1. The van der Waals surface area contributed by atoms with Crippen molar-refractivity contribution in [2.75, 3.05) is 5.32 Å². The maximum absolute atomic E-state index is 11.5. The van der Waals surface area contributed by atoms with E-state index < -0.39 is 4.92 Å². The van der Waals surface area contributed by atoms with Crippen LogP contribution in [0.25, 0.3) is 0 Å². The van der Waals surface area contributed by atoms with E-state index in [0.29, 0.717) is 6.42 Å². The first-order valence-electron chi connectivity index (χ1n) is 5.88. The summed E-state index contributed by atoms with van der Waals surface area (Å²) in [4.78, 5) is 21.4. The summed E-state index contributed by atoms with van der Waals surface area (Å²) >= 11 is 4.92. The molecular formula is C12H15N3O4S. The van der Waals surface area contributed by atoms with Gasteiger partial charge in [-0.05, 0) is 24.2 Å². The van der Waals surface area contributed by atoms with Crippen molar-refractivity contribution in [2.45, 2.75) is 20.3 Å². The van der Waals surface area contributed by atoms with Crippen LogP contribution in [0.4, 0.5) is 11.4 Å². The van der Waals surface area contributed by atoms with Crippen molar-refractivity contribution in [2.24, 2.45) is 5.92 Å². The van der Waals surface area contributed by atoms with Crippen molar-refractivity contribution >= 4 is 34.6 Å². The van der Waals surface area contributed by atoms with Crippen molar-refractivity contribution < 1.29 is 14.8 Å². The Bertz CT molecular complexity index is 546. The van der Waals surface area contributed by atoms with Crippen LogP contribution in [0, 0.1) is 16.0 Å². The smallest absolute Gasteiger partial charge is 0.273 e. The first-order chi connectivity index (χ1) is 9.29. The number of nitro benzene ring substituents is 1. The van der Waals surface area contributed by atoms with E-state index in [9.17, 15) is 20.0 Å². The van der Waals surface area contributed by atoms with E-state index in [1.54, 1.807) is 0 Å². The zero-order chi connectivity index (χ0) is 15.3. The number of phenolic OH excluding ortho intramolecular Hbond substituents is 1. The monoisotopic (exact) mass is 297 g/mol. The molecule has 0 spiro atoms. The Morgan fingerprint density at radius 1 is 1.50 bits per heavy atom. The number of nitro groups is 1. The molecule has 20 heavy (non-hydrogen) atoms. The molecule has 0 unspecified atom stereocenters. The number of benzene rings is 1. The molecule has 1 rings (SSSR count).